The Morgan fingerprint density at radius 3 is 2.55 bits per heavy atom. The van der Waals surface area contributed by atoms with Crippen LogP contribution in [0.3, 0.4) is 0 Å². The first kappa shape index (κ1) is 15.1. The maximum absolute atomic E-state index is 11.8. The van der Waals surface area contributed by atoms with Gasteiger partial charge < -0.3 is 4.57 Å². The lowest BCUT2D eigenvalue weighted by Gasteiger charge is -2.01. The predicted molar refractivity (Wildman–Crippen MR) is 79.8 cm³/mol. The van der Waals surface area contributed by atoms with Gasteiger partial charge in [0.2, 0.25) is 5.56 Å². The van der Waals surface area contributed by atoms with Crippen molar-refractivity contribution < 1.29 is 9.72 Å². The fourth-order valence-corrected chi connectivity index (χ4v) is 1.64. The first-order valence-corrected chi connectivity index (χ1v) is 6.22. The largest absolute Gasteiger partial charge is 0.318 e. The maximum Gasteiger partial charge on any atom is 0.272 e. The second-order valence-corrected chi connectivity index (χ2v) is 4.41. The Kier molecular flexibility index (Phi) is 4.42. The van der Waals surface area contributed by atoms with Gasteiger partial charge in [0, 0.05) is 31.4 Å². The van der Waals surface area contributed by atoms with Gasteiger partial charge in [-0.1, -0.05) is 0 Å². The minimum atomic E-state index is -0.498. The molecule has 1 aromatic carbocycles. The van der Waals surface area contributed by atoms with E-state index in [0.717, 1.165) is 0 Å². The Labute approximate surface area is 124 Å². The number of aromatic nitrogens is 1. The lowest BCUT2D eigenvalue weighted by Crippen LogP contribution is -2.22. The van der Waals surface area contributed by atoms with E-state index >= 15 is 0 Å². The van der Waals surface area contributed by atoms with Crippen LogP contribution in [0, 0.1) is 10.1 Å². The van der Waals surface area contributed by atoms with E-state index in [4.69, 9.17) is 0 Å². The average molecular weight is 300 g/mol. The van der Waals surface area contributed by atoms with Crippen molar-refractivity contribution in [1.82, 2.24) is 9.99 Å². The zero-order valence-electron chi connectivity index (χ0n) is 11.6. The molecule has 1 N–H and O–H groups in total. The van der Waals surface area contributed by atoms with E-state index in [0.29, 0.717) is 11.1 Å². The Bertz CT molecular complexity index is 793. The van der Waals surface area contributed by atoms with Gasteiger partial charge in [-0.05, 0) is 23.8 Å². The number of hydrogen-bond donors (Lipinski definition) is 1. The molecule has 0 aliphatic heterocycles. The van der Waals surface area contributed by atoms with Gasteiger partial charge in [0.15, 0.2) is 0 Å². The highest BCUT2D eigenvalue weighted by atomic mass is 16.6. The molecule has 2 aromatic rings. The highest BCUT2D eigenvalue weighted by molar-refractivity contribution is 5.94. The number of nitrogens with one attached hydrogen (secondary N) is 1. The van der Waals surface area contributed by atoms with Gasteiger partial charge >= 0.3 is 0 Å². The fraction of sp³-hybridized carbons (Fsp3) is 0.0714. The van der Waals surface area contributed by atoms with Gasteiger partial charge in [-0.2, -0.15) is 5.10 Å². The van der Waals surface area contributed by atoms with Crippen molar-refractivity contribution in [2.45, 2.75) is 0 Å². The molecule has 0 saturated carbocycles. The SMILES string of the molecule is Cn1cc(C(=O)N/N=C/c2ccc([N+](=O)[O-])cc2)ccc1=O. The van der Waals surface area contributed by atoms with Crippen LogP contribution in [0.15, 0.2) is 52.5 Å². The van der Waals surface area contributed by atoms with E-state index in [9.17, 15) is 19.7 Å². The summed E-state index contributed by atoms with van der Waals surface area (Å²) >= 11 is 0. The Balaban J connectivity index is 2.02. The van der Waals surface area contributed by atoms with Crippen molar-refractivity contribution >= 4 is 17.8 Å². The number of nitrogens with zero attached hydrogens (tertiary/aromatic N) is 3. The molecular weight excluding hydrogens is 288 g/mol. The van der Waals surface area contributed by atoms with Crippen molar-refractivity contribution in [2.24, 2.45) is 12.1 Å². The van der Waals surface area contributed by atoms with Gasteiger partial charge in [0.1, 0.15) is 0 Å². The smallest absolute Gasteiger partial charge is 0.272 e. The minimum Gasteiger partial charge on any atom is -0.318 e. The number of nitro benzene ring substituents is 1. The number of carbonyl (C=O) groups is 1. The van der Waals surface area contributed by atoms with E-state index < -0.39 is 10.8 Å². The van der Waals surface area contributed by atoms with Crippen LogP contribution in [-0.4, -0.2) is 21.6 Å². The number of amides is 1. The number of non-ortho nitro benzene ring substituents is 1. The standard InChI is InChI=1S/C14H12N4O4/c1-17-9-11(4-7-13(17)19)14(20)16-15-8-10-2-5-12(6-3-10)18(21)22/h2-9H,1H3,(H,16,20)/b15-8+. The molecule has 0 spiro atoms. The van der Waals surface area contributed by atoms with Gasteiger partial charge in [-0.25, -0.2) is 5.43 Å². The van der Waals surface area contributed by atoms with Gasteiger partial charge in [0.05, 0.1) is 16.7 Å². The van der Waals surface area contributed by atoms with Crippen LogP contribution in [0.2, 0.25) is 0 Å². The molecule has 0 saturated heterocycles. The van der Waals surface area contributed by atoms with E-state index in [-0.39, 0.29) is 11.2 Å². The number of hydrazone groups is 1. The molecule has 0 atom stereocenters. The molecule has 1 aromatic heterocycles. The Morgan fingerprint density at radius 1 is 1.27 bits per heavy atom. The van der Waals surface area contributed by atoms with E-state index in [1.54, 1.807) is 7.05 Å². The number of aryl methyl sites for hydroxylation is 1. The Morgan fingerprint density at radius 2 is 1.95 bits per heavy atom. The fourth-order valence-electron chi connectivity index (χ4n) is 1.64. The van der Waals surface area contributed by atoms with Crippen LogP contribution in [-0.2, 0) is 7.05 Å². The summed E-state index contributed by atoms with van der Waals surface area (Å²) in [5.41, 5.74) is 2.97. The van der Waals surface area contributed by atoms with Crippen molar-refractivity contribution in [1.29, 1.82) is 0 Å². The minimum absolute atomic E-state index is 0.0219. The monoisotopic (exact) mass is 300 g/mol. The zero-order valence-corrected chi connectivity index (χ0v) is 11.6. The number of rotatable bonds is 4. The number of benzene rings is 1. The highest BCUT2D eigenvalue weighted by Crippen LogP contribution is 2.10. The summed E-state index contributed by atoms with van der Waals surface area (Å²) in [6.45, 7) is 0. The summed E-state index contributed by atoms with van der Waals surface area (Å²) in [6, 6.07) is 8.40. The van der Waals surface area contributed by atoms with Crippen LogP contribution in [0.4, 0.5) is 5.69 Å². The topological polar surface area (TPSA) is 107 Å². The summed E-state index contributed by atoms with van der Waals surface area (Å²) in [5, 5.41) is 14.3. The van der Waals surface area contributed by atoms with E-state index in [1.807, 2.05) is 0 Å². The number of carbonyl (C=O) groups excluding carboxylic acids is 1. The quantitative estimate of drug-likeness (QED) is 0.517. The highest BCUT2D eigenvalue weighted by Gasteiger charge is 2.05. The molecular formula is C14H12N4O4. The van der Waals surface area contributed by atoms with Crippen molar-refractivity contribution in [3.63, 3.8) is 0 Å². The first-order chi connectivity index (χ1) is 10.5. The summed E-state index contributed by atoms with van der Waals surface area (Å²) in [5.74, 6) is -0.464. The third kappa shape index (κ3) is 3.63. The molecule has 112 valence electrons. The molecule has 0 unspecified atom stereocenters. The summed E-state index contributed by atoms with van der Waals surface area (Å²) in [7, 11) is 1.54. The van der Waals surface area contributed by atoms with Gasteiger partial charge in [-0.3, -0.25) is 19.7 Å². The summed E-state index contributed by atoms with van der Waals surface area (Å²) in [6.07, 6.45) is 2.77. The van der Waals surface area contributed by atoms with Crippen LogP contribution >= 0.6 is 0 Å². The number of hydrogen-bond acceptors (Lipinski definition) is 5. The number of pyridine rings is 1. The molecule has 1 amide bonds. The van der Waals surface area contributed by atoms with Crippen molar-refractivity contribution in [2.75, 3.05) is 0 Å². The maximum atomic E-state index is 11.8. The molecule has 22 heavy (non-hydrogen) atoms. The lowest BCUT2D eigenvalue weighted by atomic mass is 10.2. The van der Waals surface area contributed by atoms with Gasteiger partial charge in [0.25, 0.3) is 11.6 Å². The van der Waals surface area contributed by atoms with Crippen LogP contribution < -0.4 is 11.0 Å². The average Bonchev–Trinajstić information content (AvgIpc) is 2.50. The number of nitro groups is 1. The third-order valence-corrected chi connectivity index (χ3v) is 2.83. The summed E-state index contributed by atoms with van der Waals surface area (Å²) < 4.78 is 1.29. The molecule has 8 nitrogen and oxygen atoms in total. The lowest BCUT2D eigenvalue weighted by molar-refractivity contribution is -0.384. The second kappa shape index (κ2) is 6.44. The van der Waals surface area contributed by atoms with Crippen LogP contribution in [0.1, 0.15) is 15.9 Å². The predicted octanol–water partition coefficient (Wildman–Crippen LogP) is 1.06. The first-order valence-electron chi connectivity index (χ1n) is 6.22. The van der Waals surface area contributed by atoms with E-state index in [2.05, 4.69) is 10.5 Å². The van der Waals surface area contributed by atoms with Crippen LogP contribution in [0.5, 0.6) is 0 Å². The molecule has 2 rings (SSSR count). The zero-order chi connectivity index (χ0) is 16.1. The Hall–Kier alpha value is -3.29. The molecule has 0 aliphatic carbocycles. The van der Waals surface area contributed by atoms with Gasteiger partial charge in [-0.15, -0.1) is 0 Å². The van der Waals surface area contributed by atoms with E-state index in [1.165, 1.54) is 53.4 Å². The van der Waals surface area contributed by atoms with Crippen molar-refractivity contribution in [3.05, 3.63) is 74.2 Å². The third-order valence-electron chi connectivity index (χ3n) is 2.83. The normalized spacial score (nSPS) is 10.6. The van der Waals surface area contributed by atoms with Crippen molar-refractivity contribution in [3.8, 4) is 0 Å². The molecule has 0 fully saturated rings. The second-order valence-electron chi connectivity index (χ2n) is 4.41. The molecule has 0 radical (unpaired) electrons. The summed E-state index contributed by atoms with van der Waals surface area (Å²) in [4.78, 5) is 33.1. The molecule has 1 heterocycles. The molecule has 0 aliphatic rings. The van der Waals surface area contributed by atoms with Crippen LogP contribution in [0.25, 0.3) is 0 Å². The molecule has 8 heteroatoms. The molecule has 0 bridgehead atoms.